The van der Waals surface area contributed by atoms with Gasteiger partial charge in [0.25, 0.3) is 0 Å². The molecule has 2 unspecified atom stereocenters. The summed E-state index contributed by atoms with van der Waals surface area (Å²) >= 11 is 0. The Morgan fingerprint density at radius 2 is 1.81 bits per heavy atom. The summed E-state index contributed by atoms with van der Waals surface area (Å²) < 4.78 is 5.57. The number of nitrogens with two attached hydrogens (primary N) is 1. The summed E-state index contributed by atoms with van der Waals surface area (Å²) in [6, 6.07) is 1.14. The van der Waals surface area contributed by atoms with Crippen LogP contribution in [0.2, 0.25) is 0 Å². The first kappa shape index (κ1) is 15.7. The summed E-state index contributed by atoms with van der Waals surface area (Å²) in [6.45, 7) is 9.96. The van der Waals surface area contributed by atoms with Gasteiger partial charge in [-0.25, -0.2) is 5.84 Å². The summed E-state index contributed by atoms with van der Waals surface area (Å²) in [4.78, 5) is 17.4. The van der Waals surface area contributed by atoms with Crippen molar-refractivity contribution in [2.75, 3.05) is 30.5 Å². The lowest BCUT2D eigenvalue weighted by Gasteiger charge is -2.42. The normalized spacial score (nSPS) is 23.5. The minimum absolute atomic E-state index is 0.00351. The monoisotopic (exact) mass is 295 g/mol. The SMILES string of the molecule is CC(C)Oc1nc(NN)nc(N2CC(C)N(C)C(C)C2)n1. The Hall–Kier alpha value is -1.67. The van der Waals surface area contributed by atoms with Crippen LogP contribution in [0.5, 0.6) is 6.01 Å². The lowest BCUT2D eigenvalue weighted by atomic mass is 10.1. The second-order valence-corrected chi connectivity index (χ2v) is 5.82. The average Bonchev–Trinajstić information content (AvgIpc) is 2.43. The highest BCUT2D eigenvalue weighted by Crippen LogP contribution is 2.21. The number of hydrogen-bond acceptors (Lipinski definition) is 8. The van der Waals surface area contributed by atoms with Crippen molar-refractivity contribution >= 4 is 11.9 Å². The molecule has 1 aliphatic rings. The Kier molecular flexibility index (Phi) is 4.79. The van der Waals surface area contributed by atoms with E-state index in [4.69, 9.17) is 10.6 Å². The van der Waals surface area contributed by atoms with Crippen molar-refractivity contribution in [2.45, 2.75) is 45.9 Å². The van der Waals surface area contributed by atoms with Gasteiger partial charge in [0.1, 0.15) is 0 Å². The van der Waals surface area contributed by atoms with E-state index in [0.29, 0.717) is 30.0 Å². The predicted molar refractivity (Wildman–Crippen MR) is 82.3 cm³/mol. The smallest absolute Gasteiger partial charge is 0.323 e. The van der Waals surface area contributed by atoms with Crippen molar-refractivity contribution in [3.63, 3.8) is 0 Å². The third kappa shape index (κ3) is 3.70. The van der Waals surface area contributed by atoms with Crippen LogP contribution in [-0.2, 0) is 0 Å². The number of ether oxygens (including phenoxy) is 1. The van der Waals surface area contributed by atoms with Gasteiger partial charge in [0.05, 0.1) is 6.10 Å². The molecule has 2 atom stereocenters. The molecule has 8 heteroatoms. The fourth-order valence-corrected chi connectivity index (χ4v) is 2.38. The zero-order valence-electron chi connectivity index (χ0n) is 13.4. The quantitative estimate of drug-likeness (QED) is 0.612. The van der Waals surface area contributed by atoms with E-state index in [1.807, 2.05) is 13.8 Å². The fourth-order valence-electron chi connectivity index (χ4n) is 2.38. The minimum Gasteiger partial charge on any atom is -0.461 e. The Labute approximate surface area is 125 Å². The van der Waals surface area contributed by atoms with E-state index in [0.717, 1.165) is 13.1 Å². The molecule has 0 aromatic carbocycles. The van der Waals surface area contributed by atoms with Gasteiger partial charge < -0.3 is 9.64 Å². The molecule has 1 aromatic heterocycles. The summed E-state index contributed by atoms with van der Waals surface area (Å²) in [5, 5.41) is 0. The molecule has 2 rings (SSSR count). The van der Waals surface area contributed by atoms with Crippen molar-refractivity contribution < 1.29 is 4.74 Å². The van der Waals surface area contributed by atoms with Gasteiger partial charge in [-0.2, -0.15) is 15.0 Å². The van der Waals surface area contributed by atoms with Gasteiger partial charge in [-0.15, -0.1) is 0 Å². The molecule has 1 aliphatic heterocycles. The molecule has 0 amide bonds. The van der Waals surface area contributed by atoms with Crippen LogP contribution < -0.4 is 20.9 Å². The number of hydrogen-bond donors (Lipinski definition) is 2. The Bertz CT molecular complexity index is 470. The first-order valence-electron chi connectivity index (χ1n) is 7.27. The number of nitrogens with one attached hydrogen (secondary N) is 1. The Morgan fingerprint density at radius 3 is 2.33 bits per heavy atom. The van der Waals surface area contributed by atoms with Crippen LogP contribution in [0.1, 0.15) is 27.7 Å². The molecule has 0 aliphatic carbocycles. The maximum atomic E-state index is 5.57. The van der Waals surface area contributed by atoms with Gasteiger partial charge in [0.15, 0.2) is 0 Å². The molecule has 0 saturated carbocycles. The van der Waals surface area contributed by atoms with Gasteiger partial charge in [0.2, 0.25) is 11.9 Å². The van der Waals surface area contributed by atoms with Crippen LogP contribution in [0.3, 0.4) is 0 Å². The molecule has 118 valence electrons. The van der Waals surface area contributed by atoms with Crippen molar-refractivity contribution in [1.82, 2.24) is 19.9 Å². The maximum Gasteiger partial charge on any atom is 0.323 e. The minimum atomic E-state index is -0.00351. The molecular weight excluding hydrogens is 270 g/mol. The molecule has 0 spiro atoms. The van der Waals surface area contributed by atoms with Gasteiger partial charge >= 0.3 is 6.01 Å². The largest absolute Gasteiger partial charge is 0.461 e. The lowest BCUT2D eigenvalue weighted by Crippen LogP contribution is -2.55. The zero-order chi connectivity index (χ0) is 15.6. The fraction of sp³-hybridized carbons (Fsp3) is 0.769. The highest BCUT2D eigenvalue weighted by molar-refractivity contribution is 5.38. The molecule has 2 heterocycles. The second-order valence-electron chi connectivity index (χ2n) is 5.82. The Balaban J connectivity index is 2.25. The summed E-state index contributed by atoms with van der Waals surface area (Å²) in [5.74, 6) is 6.35. The van der Waals surface area contributed by atoms with E-state index in [2.05, 4.69) is 51.1 Å². The number of piperazine rings is 1. The molecule has 0 bridgehead atoms. The van der Waals surface area contributed by atoms with Gasteiger partial charge in [-0.3, -0.25) is 10.3 Å². The summed E-state index contributed by atoms with van der Waals surface area (Å²) in [6.07, 6.45) is -0.00351. The van der Waals surface area contributed by atoms with E-state index >= 15 is 0 Å². The molecular formula is C13H25N7O. The average molecular weight is 295 g/mol. The lowest BCUT2D eigenvalue weighted by molar-refractivity contribution is 0.168. The van der Waals surface area contributed by atoms with Crippen LogP contribution >= 0.6 is 0 Å². The van der Waals surface area contributed by atoms with E-state index in [9.17, 15) is 0 Å². The van der Waals surface area contributed by atoms with Gasteiger partial charge in [0, 0.05) is 25.2 Å². The van der Waals surface area contributed by atoms with Crippen LogP contribution in [0.15, 0.2) is 0 Å². The number of nitrogens with zero attached hydrogens (tertiary/aromatic N) is 5. The third-order valence-corrected chi connectivity index (χ3v) is 3.72. The molecule has 8 nitrogen and oxygen atoms in total. The molecule has 1 saturated heterocycles. The van der Waals surface area contributed by atoms with E-state index in [-0.39, 0.29) is 6.10 Å². The maximum absolute atomic E-state index is 5.57. The van der Waals surface area contributed by atoms with E-state index in [1.54, 1.807) is 0 Å². The molecule has 1 aromatic rings. The molecule has 1 fully saturated rings. The molecule has 3 N–H and O–H groups in total. The van der Waals surface area contributed by atoms with E-state index < -0.39 is 0 Å². The Morgan fingerprint density at radius 1 is 1.19 bits per heavy atom. The van der Waals surface area contributed by atoms with E-state index in [1.165, 1.54) is 0 Å². The molecule has 21 heavy (non-hydrogen) atoms. The standard InChI is InChI=1S/C13H25N7O/c1-8(2)21-13-16-11(18-14)15-12(17-13)20-6-9(3)19(5)10(4)7-20/h8-10H,6-7,14H2,1-5H3,(H,15,16,17,18). The van der Waals surface area contributed by atoms with Gasteiger partial charge in [-0.05, 0) is 34.7 Å². The van der Waals surface area contributed by atoms with Crippen LogP contribution in [0.4, 0.5) is 11.9 Å². The van der Waals surface area contributed by atoms with Gasteiger partial charge in [-0.1, -0.05) is 0 Å². The number of anilines is 2. The van der Waals surface area contributed by atoms with Crippen LogP contribution in [0, 0.1) is 0 Å². The number of aromatic nitrogens is 3. The first-order chi connectivity index (χ1) is 9.90. The predicted octanol–water partition coefficient (Wildman–Crippen LogP) is 0.473. The number of nitrogen functional groups attached to an aromatic ring is 1. The topological polar surface area (TPSA) is 92.4 Å². The highest BCUT2D eigenvalue weighted by atomic mass is 16.5. The van der Waals surface area contributed by atoms with Crippen molar-refractivity contribution in [3.05, 3.63) is 0 Å². The summed E-state index contributed by atoms with van der Waals surface area (Å²) in [5.41, 5.74) is 2.47. The van der Waals surface area contributed by atoms with Crippen molar-refractivity contribution in [1.29, 1.82) is 0 Å². The third-order valence-electron chi connectivity index (χ3n) is 3.72. The first-order valence-corrected chi connectivity index (χ1v) is 7.27. The van der Waals surface area contributed by atoms with Crippen LogP contribution in [0.25, 0.3) is 0 Å². The number of rotatable bonds is 4. The molecule has 0 radical (unpaired) electrons. The number of hydrazine groups is 1. The van der Waals surface area contributed by atoms with Crippen LogP contribution in [-0.4, -0.2) is 58.2 Å². The summed E-state index contributed by atoms with van der Waals surface area (Å²) in [7, 11) is 2.14. The van der Waals surface area contributed by atoms with Crippen molar-refractivity contribution in [2.24, 2.45) is 5.84 Å². The number of likely N-dealkylation sites (N-methyl/N-ethyl adjacent to an activating group) is 1. The second kappa shape index (κ2) is 6.40. The van der Waals surface area contributed by atoms with Crippen molar-refractivity contribution in [3.8, 4) is 6.01 Å². The highest BCUT2D eigenvalue weighted by Gasteiger charge is 2.28. The zero-order valence-corrected chi connectivity index (χ0v) is 13.4.